The van der Waals surface area contributed by atoms with Crippen molar-refractivity contribution in [2.45, 2.75) is 50.0 Å². The number of rotatable bonds is 7. The lowest BCUT2D eigenvalue weighted by atomic mass is 9.89. The summed E-state index contributed by atoms with van der Waals surface area (Å²) >= 11 is 5.95. The third-order valence-electron chi connectivity index (χ3n) is 4.80. The van der Waals surface area contributed by atoms with Crippen molar-refractivity contribution in [3.05, 3.63) is 28.8 Å². The fourth-order valence-corrected chi connectivity index (χ4v) is 4.66. The number of sulfone groups is 1. The van der Waals surface area contributed by atoms with Crippen molar-refractivity contribution in [2.24, 2.45) is 5.92 Å². The highest BCUT2D eigenvalue weighted by atomic mass is 35.5. The SMILES string of the molecule is COc1ccc(Cl)cc1CS(=O)(=O)[C@H](C)C(=O)NCC1CCCCC1. The van der Waals surface area contributed by atoms with Gasteiger partial charge in [0.2, 0.25) is 5.91 Å². The quantitative estimate of drug-likeness (QED) is 0.778. The molecule has 1 N–H and O–H groups in total. The molecule has 0 spiro atoms. The van der Waals surface area contributed by atoms with Crippen LogP contribution in [0.25, 0.3) is 0 Å². The van der Waals surface area contributed by atoms with Crippen LogP contribution in [0.3, 0.4) is 0 Å². The first-order valence-electron chi connectivity index (χ1n) is 8.65. The van der Waals surface area contributed by atoms with Crippen LogP contribution in [-0.4, -0.2) is 33.2 Å². The maximum Gasteiger partial charge on any atom is 0.238 e. The lowest BCUT2D eigenvalue weighted by molar-refractivity contribution is -0.120. The molecule has 1 aromatic carbocycles. The van der Waals surface area contributed by atoms with Crippen molar-refractivity contribution in [3.63, 3.8) is 0 Å². The zero-order chi connectivity index (χ0) is 18.4. The standard InChI is InChI=1S/C18H26ClNO4S/c1-13(18(21)20-11-14-6-4-3-5-7-14)25(22,23)12-15-10-16(19)8-9-17(15)24-2/h8-10,13-14H,3-7,11-12H2,1-2H3,(H,20,21)/t13-/m1/s1. The van der Waals surface area contributed by atoms with Crippen molar-refractivity contribution in [1.82, 2.24) is 5.32 Å². The van der Waals surface area contributed by atoms with E-state index in [-0.39, 0.29) is 5.75 Å². The summed E-state index contributed by atoms with van der Waals surface area (Å²) in [4.78, 5) is 12.3. The number of methoxy groups -OCH3 is 1. The van der Waals surface area contributed by atoms with Crippen LogP contribution >= 0.6 is 11.6 Å². The smallest absolute Gasteiger partial charge is 0.238 e. The van der Waals surface area contributed by atoms with Crippen LogP contribution < -0.4 is 10.1 Å². The zero-order valence-corrected chi connectivity index (χ0v) is 16.3. The van der Waals surface area contributed by atoms with Crippen molar-refractivity contribution in [2.75, 3.05) is 13.7 Å². The highest BCUT2D eigenvalue weighted by Crippen LogP contribution is 2.26. The molecule has 0 radical (unpaired) electrons. The van der Waals surface area contributed by atoms with Crippen LogP contribution in [0.4, 0.5) is 0 Å². The number of nitrogens with one attached hydrogen (secondary N) is 1. The van der Waals surface area contributed by atoms with Gasteiger partial charge in [-0.2, -0.15) is 0 Å². The lowest BCUT2D eigenvalue weighted by Crippen LogP contribution is -2.40. The number of halogens is 1. The molecule has 7 heteroatoms. The summed E-state index contributed by atoms with van der Waals surface area (Å²) in [6.45, 7) is 1.99. The van der Waals surface area contributed by atoms with Crippen molar-refractivity contribution in [1.29, 1.82) is 0 Å². The average molecular weight is 388 g/mol. The minimum atomic E-state index is -3.67. The second kappa shape index (κ2) is 8.90. The van der Waals surface area contributed by atoms with E-state index < -0.39 is 21.0 Å². The molecule has 0 heterocycles. The molecule has 1 amide bonds. The van der Waals surface area contributed by atoms with E-state index >= 15 is 0 Å². The van der Waals surface area contributed by atoms with Crippen LogP contribution in [0.2, 0.25) is 5.02 Å². The van der Waals surface area contributed by atoms with Gasteiger partial charge in [0.15, 0.2) is 9.84 Å². The van der Waals surface area contributed by atoms with Gasteiger partial charge in [-0.25, -0.2) is 8.42 Å². The van der Waals surface area contributed by atoms with Gasteiger partial charge in [0.1, 0.15) is 11.0 Å². The Morgan fingerprint density at radius 1 is 1.32 bits per heavy atom. The number of benzene rings is 1. The van der Waals surface area contributed by atoms with Gasteiger partial charge < -0.3 is 10.1 Å². The van der Waals surface area contributed by atoms with Crippen LogP contribution in [0.15, 0.2) is 18.2 Å². The molecule has 25 heavy (non-hydrogen) atoms. The Bertz CT molecular complexity index is 699. The molecule has 0 saturated heterocycles. The van der Waals surface area contributed by atoms with Gasteiger partial charge in [0.25, 0.3) is 0 Å². The Morgan fingerprint density at radius 2 is 2.00 bits per heavy atom. The fourth-order valence-electron chi connectivity index (χ4n) is 3.14. The summed E-state index contributed by atoms with van der Waals surface area (Å²) in [5.41, 5.74) is 0.460. The topological polar surface area (TPSA) is 72.5 Å². The first-order valence-corrected chi connectivity index (χ1v) is 10.7. The molecule has 1 aliphatic carbocycles. The normalized spacial score (nSPS) is 17.1. The number of amides is 1. The van der Waals surface area contributed by atoms with Crippen LogP contribution in [0.1, 0.15) is 44.6 Å². The summed E-state index contributed by atoms with van der Waals surface area (Å²) in [5, 5.41) is 2.13. The highest BCUT2D eigenvalue weighted by molar-refractivity contribution is 7.92. The second-order valence-electron chi connectivity index (χ2n) is 6.65. The summed E-state index contributed by atoms with van der Waals surface area (Å²) in [7, 11) is -2.19. The highest BCUT2D eigenvalue weighted by Gasteiger charge is 2.29. The molecule has 0 bridgehead atoms. The van der Waals surface area contributed by atoms with Crippen LogP contribution in [0.5, 0.6) is 5.75 Å². The van der Waals surface area contributed by atoms with E-state index in [4.69, 9.17) is 16.3 Å². The number of hydrogen-bond donors (Lipinski definition) is 1. The largest absolute Gasteiger partial charge is 0.496 e. The van der Waals surface area contributed by atoms with E-state index in [1.807, 2.05) is 0 Å². The molecular formula is C18H26ClNO4S. The molecule has 0 unspecified atom stereocenters. The first kappa shape index (κ1) is 20.0. The average Bonchev–Trinajstić information content (AvgIpc) is 2.59. The van der Waals surface area contributed by atoms with E-state index in [0.717, 1.165) is 12.8 Å². The van der Waals surface area contributed by atoms with E-state index in [2.05, 4.69) is 5.32 Å². The lowest BCUT2D eigenvalue weighted by Gasteiger charge is -2.22. The van der Waals surface area contributed by atoms with Crippen molar-refractivity contribution >= 4 is 27.3 Å². The Labute approximate surface area is 155 Å². The summed E-state index contributed by atoms with van der Waals surface area (Å²) in [6, 6.07) is 4.82. The van der Waals surface area contributed by atoms with Gasteiger partial charge in [0.05, 0.1) is 12.9 Å². The Hall–Kier alpha value is -1.27. The minimum Gasteiger partial charge on any atom is -0.496 e. The van der Waals surface area contributed by atoms with Crippen molar-refractivity contribution in [3.8, 4) is 5.75 Å². The fraction of sp³-hybridized carbons (Fsp3) is 0.611. The molecule has 0 aromatic heterocycles. The number of carbonyl (C=O) groups is 1. The van der Waals surface area contributed by atoms with Gasteiger partial charge in [-0.1, -0.05) is 30.9 Å². The molecule has 1 fully saturated rings. The molecular weight excluding hydrogens is 362 g/mol. The monoisotopic (exact) mass is 387 g/mol. The molecule has 5 nitrogen and oxygen atoms in total. The van der Waals surface area contributed by atoms with E-state index in [1.54, 1.807) is 18.2 Å². The summed E-state index contributed by atoms with van der Waals surface area (Å²) in [5.74, 6) is 0.185. The van der Waals surface area contributed by atoms with Crippen LogP contribution in [-0.2, 0) is 20.4 Å². The molecule has 1 aliphatic rings. The molecule has 140 valence electrons. The van der Waals surface area contributed by atoms with E-state index in [1.165, 1.54) is 33.3 Å². The van der Waals surface area contributed by atoms with Crippen LogP contribution in [0, 0.1) is 5.92 Å². The summed E-state index contributed by atoms with van der Waals surface area (Å²) < 4.78 is 30.4. The number of hydrogen-bond acceptors (Lipinski definition) is 4. The maximum absolute atomic E-state index is 12.6. The molecule has 0 aliphatic heterocycles. The van der Waals surface area contributed by atoms with Gasteiger partial charge in [-0.3, -0.25) is 4.79 Å². The molecule has 1 aromatic rings. The van der Waals surface area contributed by atoms with Gasteiger partial charge in [0, 0.05) is 17.1 Å². The van der Waals surface area contributed by atoms with E-state index in [0.29, 0.717) is 28.8 Å². The minimum absolute atomic E-state index is 0.283. The second-order valence-corrected chi connectivity index (χ2v) is 9.41. The summed E-state index contributed by atoms with van der Waals surface area (Å²) in [6.07, 6.45) is 5.81. The van der Waals surface area contributed by atoms with Gasteiger partial charge >= 0.3 is 0 Å². The first-order chi connectivity index (χ1) is 11.8. The zero-order valence-electron chi connectivity index (χ0n) is 14.8. The van der Waals surface area contributed by atoms with Gasteiger partial charge in [-0.15, -0.1) is 0 Å². The predicted molar refractivity (Wildman–Crippen MR) is 99.7 cm³/mol. The molecule has 2 rings (SSSR count). The predicted octanol–water partition coefficient (Wildman–Crippen LogP) is 3.35. The molecule has 1 saturated carbocycles. The molecule has 1 atom stereocenters. The Balaban J connectivity index is 2.00. The number of ether oxygens (including phenoxy) is 1. The Morgan fingerprint density at radius 3 is 2.64 bits per heavy atom. The Kier molecular flexibility index (Phi) is 7.14. The van der Waals surface area contributed by atoms with Crippen molar-refractivity contribution < 1.29 is 17.9 Å². The number of carbonyl (C=O) groups excluding carboxylic acids is 1. The van der Waals surface area contributed by atoms with E-state index in [9.17, 15) is 13.2 Å². The van der Waals surface area contributed by atoms with Gasteiger partial charge in [-0.05, 0) is 43.9 Å². The third-order valence-corrected chi connectivity index (χ3v) is 7.04. The third kappa shape index (κ3) is 5.61. The maximum atomic E-state index is 12.6.